The highest BCUT2D eigenvalue weighted by Gasteiger charge is 2.14. The molecule has 0 spiro atoms. The lowest BCUT2D eigenvalue weighted by Gasteiger charge is -2.17. The van der Waals surface area contributed by atoms with Gasteiger partial charge in [0.1, 0.15) is 5.75 Å². The van der Waals surface area contributed by atoms with Crippen LogP contribution in [0.25, 0.3) is 11.3 Å². The Bertz CT molecular complexity index is 904. The number of nitrogens with zero attached hydrogens (tertiary/aromatic N) is 1. The van der Waals surface area contributed by atoms with E-state index >= 15 is 0 Å². The Balaban J connectivity index is 1.55. The van der Waals surface area contributed by atoms with Crippen molar-refractivity contribution < 1.29 is 13.9 Å². The molecule has 3 aromatic rings. The predicted molar refractivity (Wildman–Crippen MR) is 109 cm³/mol. The molecule has 0 aliphatic rings. The molecule has 0 bridgehead atoms. The molecule has 1 amide bonds. The second-order valence-corrected chi connectivity index (χ2v) is 6.86. The van der Waals surface area contributed by atoms with Gasteiger partial charge in [0, 0.05) is 23.4 Å². The lowest BCUT2D eigenvalue weighted by Crippen LogP contribution is -2.28. The summed E-state index contributed by atoms with van der Waals surface area (Å²) in [5, 5.41) is 3.74. The Morgan fingerprint density at radius 1 is 1.18 bits per heavy atom. The molecule has 28 heavy (non-hydrogen) atoms. The Kier molecular flexibility index (Phi) is 6.71. The first-order chi connectivity index (χ1) is 13.6. The number of aryl methyl sites for hydroxylation is 1. The normalized spacial score (nSPS) is 11.8. The number of hydrogen-bond donors (Lipinski definition) is 1. The van der Waals surface area contributed by atoms with Gasteiger partial charge in [-0.25, -0.2) is 4.98 Å². The monoisotopic (exact) mass is 398 g/mol. The first kappa shape index (κ1) is 20.0. The van der Waals surface area contributed by atoms with E-state index in [1.807, 2.05) is 43.3 Å². The van der Waals surface area contributed by atoms with Crippen LogP contribution in [0.1, 0.15) is 37.3 Å². The molecule has 0 unspecified atom stereocenters. The summed E-state index contributed by atoms with van der Waals surface area (Å²) in [7, 11) is 1.63. The van der Waals surface area contributed by atoms with E-state index in [1.165, 1.54) is 0 Å². The molecule has 5 nitrogen and oxygen atoms in total. The van der Waals surface area contributed by atoms with Crippen molar-refractivity contribution in [3.63, 3.8) is 0 Å². The molecule has 1 heterocycles. The van der Waals surface area contributed by atoms with Gasteiger partial charge in [-0.15, -0.1) is 0 Å². The summed E-state index contributed by atoms with van der Waals surface area (Å²) in [5.41, 5.74) is 1.95. The van der Waals surface area contributed by atoms with E-state index in [9.17, 15) is 4.79 Å². The minimum absolute atomic E-state index is 0.0334. The molecule has 0 saturated carbocycles. The van der Waals surface area contributed by atoms with Crippen LogP contribution in [-0.4, -0.2) is 18.0 Å². The number of methoxy groups -OCH3 is 1. The van der Waals surface area contributed by atoms with E-state index in [1.54, 1.807) is 25.4 Å². The van der Waals surface area contributed by atoms with Gasteiger partial charge in [-0.1, -0.05) is 30.7 Å². The average molecular weight is 399 g/mol. The number of halogens is 1. The van der Waals surface area contributed by atoms with Crippen LogP contribution >= 0.6 is 11.6 Å². The van der Waals surface area contributed by atoms with Crippen LogP contribution < -0.4 is 10.1 Å². The summed E-state index contributed by atoms with van der Waals surface area (Å²) in [5.74, 6) is 1.97. The number of ether oxygens (including phenoxy) is 1. The quantitative estimate of drug-likeness (QED) is 0.566. The summed E-state index contributed by atoms with van der Waals surface area (Å²) in [4.78, 5) is 16.6. The van der Waals surface area contributed by atoms with Crippen LogP contribution in [-0.2, 0) is 11.2 Å². The van der Waals surface area contributed by atoms with Gasteiger partial charge in [-0.3, -0.25) is 4.79 Å². The third-order valence-corrected chi connectivity index (χ3v) is 4.76. The fraction of sp³-hybridized carbons (Fsp3) is 0.273. The Labute approximate surface area is 169 Å². The van der Waals surface area contributed by atoms with Crippen molar-refractivity contribution in [1.82, 2.24) is 10.3 Å². The average Bonchev–Trinajstić information content (AvgIpc) is 3.20. The predicted octanol–water partition coefficient (Wildman–Crippen LogP) is 5.20. The van der Waals surface area contributed by atoms with Crippen molar-refractivity contribution >= 4 is 17.5 Å². The van der Waals surface area contributed by atoms with Crippen molar-refractivity contribution in [2.75, 3.05) is 7.11 Å². The van der Waals surface area contributed by atoms with E-state index < -0.39 is 0 Å². The maximum Gasteiger partial charge on any atom is 0.220 e. The van der Waals surface area contributed by atoms with Gasteiger partial charge in [-0.2, -0.15) is 0 Å². The summed E-state index contributed by atoms with van der Waals surface area (Å²) in [6.45, 7) is 2.04. The topological polar surface area (TPSA) is 64.4 Å². The zero-order valence-corrected chi connectivity index (χ0v) is 16.7. The fourth-order valence-corrected chi connectivity index (χ4v) is 3.04. The van der Waals surface area contributed by atoms with Gasteiger partial charge >= 0.3 is 0 Å². The van der Waals surface area contributed by atoms with Crippen LogP contribution in [0, 0.1) is 0 Å². The number of aromatic nitrogens is 1. The Morgan fingerprint density at radius 3 is 2.54 bits per heavy atom. The number of rotatable bonds is 8. The van der Waals surface area contributed by atoms with Gasteiger partial charge in [0.2, 0.25) is 5.91 Å². The molecular weight excluding hydrogens is 376 g/mol. The molecule has 0 saturated heterocycles. The van der Waals surface area contributed by atoms with Gasteiger partial charge < -0.3 is 14.5 Å². The minimum Gasteiger partial charge on any atom is -0.497 e. The van der Waals surface area contributed by atoms with Crippen molar-refractivity contribution in [3.8, 4) is 17.1 Å². The number of amides is 1. The number of benzene rings is 2. The fourth-order valence-electron chi connectivity index (χ4n) is 2.92. The highest BCUT2D eigenvalue weighted by atomic mass is 35.5. The molecule has 3 rings (SSSR count). The van der Waals surface area contributed by atoms with Crippen LogP contribution in [0.15, 0.2) is 59.1 Å². The summed E-state index contributed by atoms with van der Waals surface area (Å²) in [6, 6.07) is 15.1. The lowest BCUT2D eigenvalue weighted by atomic mass is 10.0. The molecule has 1 N–H and O–H groups in total. The number of carbonyl (C=O) groups excluding carboxylic acids is 1. The molecule has 1 atom stereocenters. The highest BCUT2D eigenvalue weighted by molar-refractivity contribution is 6.30. The largest absolute Gasteiger partial charge is 0.497 e. The van der Waals surface area contributed by atoms with E-state index in [0.29, 0.717) is 29.5 Å². The lowest BCUT2D eigenvalue weighted by molar-refractivity contribution is -0.121. The molecule has 146 valence electrons. The van der Waals surface area contributed by atoms with Crippen LogP contribution in [0.3, 0.4) is 0 Å². The Morgan fingerprint density at radius 2 is 1.89 bits per heavy atom. The molecule has 2 aromatic carbocycles. The van der Waals surface area contributed by atoms with Gasteiger partial charge in [0.25, 0.3) is 0 Å². The number of carbonyl (C=O) groups is 1. The molecule has 6 heteroatoms. The number of hydrogen-bond acceptors (Lipinski definition) is 4. The second-order valence-electron chi connectivity index (χ2n) is 6.43. The first-order valence-corrected chi connectivity index (χ1v) is 9.60. The van der Waals surface area contributed by atoms with Crippen LogP contribution in [0.4, 0.5) is 0 Å². The number of nitrogens with one attached hydrogen (secondary N) is 1. The SMILES string of the molecule is CC[C@@H](NC(=O)CCc1ncc(-c2ccc(Cl)cc2)o1)c1ccc(OC)cc1. The maximum absolute atomic E-state index is 12.4. The van der Waals surface area contributed by atoms with Gasteiger partial charge in [-0.05, 0) is 48.4 Å². The molecule has 0 aliphatic heterocycles. The summed E-state index contributed by atoms with van der Waals surface area (Å²) in [6.07, 6.45) is 3.23. The van der Waals surface area contributed by atoms with Crippen molar-refractivity contribution in [3.05, 3.63) is 71.2 Å². The van der Waals surface area contributed by atoms with Crippen LogP contribution in [0.5, 0.6) is 5.75 Å². The summed E-state index contributed by atoms with van der Waals surface area (Å²) >= 11 is 5.90. The zero-order chi connectivity index (χ0) is 19.9. The minimum atomic E-state index is -0.0346. The van der Waals surface area contributed by atoms with E-state index in [0.717, 1.165) is 23.3 Å². The molecule has 0 aliphatic carbocycles. The smallest absolute Gasteiger partial charge is 0.220 e. The maximum atomic E-state index is 12.4. The van der Waals surface area contributed by atoms with Crippen LogP contribution in [0.2, 0.25) is 5.02 Å². The van der Waals surface area contributed by atoms with E-state index in [-0.39, 0.29) is 11.9 Å². The van der Waals surface area contributed by atoms with E-state index in [4.69, 9.17) is 20.8 Å². The highest BCUT2D eigenvalue weighted by Crippen LogP contribution is 2.23. The zero-order valence-electron chi connectivity index (χ0n) is 15.9. The molecular formula is C22H23ClN2O3. The van der Waals surface area contributed by atoms with E-state index in [2.05, 4.69) is 10.3 Å². The summed E-state index contributed by atoms with van der Waals surface area (Å²) < 4.78 is 10.9. The van der Waals surface area contributed by atoms with Gasteiger partial charge in [0.15, 0.2) is 11.7 Å². The third kappa shape index (κ3) is 5.14. The van der Waals surface area contributed by atoms with Gasteiger partial charge in [0.05, 0.1) is 19.3 Å². The first-order valence-electron chi connectivity index (χ1n) is 9.23. The molecule has 0 fully saturated rings. The number of oxazole rings is 1. The third-order valence-electron chi connectivity index (χ3n) is 4.51. The van der Waals surface area contributed by atoms with Crippen molar-refractivity contribution in [2.24, 2.45) is 0 Å². The van der Waals surface area contributed by atoms with Crippen molar-refractivity contribution in [1.29, 1.82) is 0 Å². The Hall–Kier alpha value is -2.79. The molecule has 0 radical (unpaired) electrons. The standard InChI is InChI=1S/C22H23ClN2O3/c1-3-19(15-6-10-18(27-2)11-7-15)25-21(26)12-13-22-24-14-20(28-22)16-4-8-17(23)9-5-16/h4-11,14,19H,3,12-13H2,1-2H3,(H,25,26)/t19-/m1/s1. The second kappa shape index (κ2) is 9.42. The molecule has 1 aromatic heterocycles. The van der Waals surface area contributed by atoms with Crippen molar-refractivity contribution in [2.45, 2.75) is 32.2 Å².